The van der Waals surface area contributed by atoms with Gasteiger partial charge >= 0.3 is 5.97 Å². The van der Waals surface area contributed by atoms with Crippen molar-refractivity contribution in [2.24, 2.45) is 0 Å². The maximum Gasteiger partial charge on any atom is 0.341 e. The average molecular weight is 292 g/mol. The maximum atomic E-state index is 11.3. The van der Waals surface area contributed by atoms with E-state index in [2.05, 4.69) is 27.6 Å². The van der Waals surface area contributed by atoms with E-state index in [1.165, 1.54) is 0 Å². The van der Waals surface area contributed by atoms with Gasteiger partial charge in [0.25, 0.3) is 0 Å². The Kier molecular flexibility index (Phi) is 3.47. The standard InChI is InChI=1S/C8H9IN2O2/c1-2-13-8(12)6-3-5(9)4-11-7(6)10/h3-4H,2H2,1H3,(H2,10,11). The van der Waals surface area contributed by atoms with Crippen LogP contribution in [0.4, 0.5) is 5.82 Å². The minimum atomic E-state index is -0.425. The van der Waals surface area contributed by atoms with Gasteiger partial charge in [0.2, 0.25) is 0 Å². The number of nitrogen functional groups attached to an aromatic ring is 1. The van der Waals surface area contributed by atoms with Gasteiger partial charge in [-0.1, -0.05) is 0 Å². The Balaban J connectivity index is 2.99. The van der Waals surface area contributed by atoms with Crippen LogP contribution in [0.15, 0.2) is 12.3 Å². The zero-order valence-electron chi connectivity index (χ0n) is 7.08. The molecule has 1 aromatic heterocycles. The average Bonchev–Trinajstić information content (AvgIpc) is 2.09. The number of ether oxygens (including phenoxy) is 1. The van der Waals surface area contributed by atoms with Gasteiger partial charge in [-0.15, -0.1) is 0 Å². The fourth-order valence-electron chi connectivity index (χ4n) is 0.822. The Labute approximate surface area is 89.6 Å². The summed E-state index contributed by atoms with van der Waals surface area (Å²) in [6, 6.07) is 1.65. The predicted octanol–water partition coefficient (Wildman–Crippen LogP) is 1.45. The van der Waals surface area contributed by atoms with Crippen LogP contribution in [-0.4, -0.2) is 17.6 Å². The number of nitrogens with two attached hydrogens (primary N) is 1. The molecular weight excluding hydrogens is 283 g/mol. The van der Waals surface area contributed by atoms with Crippen molar-refractivity contribution in [3.63, 3.8) is 0 Å². The summed E-state index contributed by atoms with van der Waals surface area (Å²) in [7, 11) is 0. The Hall–Kier alpha value is -0.850. The van der Waals surface area contributed by atoms with Crippen LogP contribution >= 0.6 is 22.6 Å². The molecule has 0 aliphatic heterocycles. The molecule has 0 bridgehead atoms. The molecule has 0 atom stereocenters. The largest absolute Gasteiger partial charge is 0.462 e. The van der Waals surface area contributed by atoms with E-state index in [9.17, 15) is 4.79 Å². The van der Waals surface area contributed by atoms with Gasteiger partial charge in [0.1, 0.15) is 11.4 Å². The van der Waals surface area contributed by atoms with Crippen LogP contribution in [-0.2, 0) is 4.74 Å². The van der Waals surface area contributed by atoms with Crippen LogP contribution in [0.3, 0.4) is 0 Å². The third-order valence-corrected chi connectivity index (χ3v) is 1.97. The van der Waals surface area contributed by atoms with Gasteiger partial charge in [0, 0.05) is 9.77 Å². The number of esters is 1. The molecule has 5 heteroatoms. The minimum absolute atomic E-state index is 0.207. The molecule has 0 aliphatic carbocycles. The Morgan fingerprint density at radius 2 is 2.46 bits per heavy atom. The number of carbonyl (C=O) groups excluding carboxylic acids is 1. The van der Waals surface area contributed by atoms with Crippen molar-refractivity contribution in [1.29, 1.82) is 0 Å². The highest BCUT2D eigenvalue weighted by Gasteiger charge is 2.11. The number of nitrogens with zero attached hydrogens (tertiary/aromatic N) is 1. The number of anilines is 1. The SMILES string of the molecule is CCOC(=O)c1cc(I)cnc1N. The predicted molar refractivity (Wildman–Crippen MR) is 57.3 cm³/mol. The lowest BCUT2D eigenvalue weighted by Gasteiger charge is -2.03. The van der Waals surface area contributed by atoms with Crippen molar-refractivity contribution in [2.45, 2.75) is 6.92 Å². The molecule has 0 unspecified atom stereocenters. The quantitative estimate of drug-likeness (QED) is 0.662. The van der Waals surface area contributed by atoms with E-state index in [0.29, 0.717) is 12.2 Å². The van der Waals surface area contributed by atoms with Gasteiger partial charge in [0.05, 0.1) is 6.61 Å². The number of carbonyl (C=O) groups is 1. The molecule has 0 radical (unpaired) electrons. The second-order valence-corrected chi connectivity index (χ2v) is 3.55. The Bertz CT molecular complexity index is 328. The van der Waals surface area contributed by atoms with E-state index in [-0.39, 0.29) is 5.82 Å². The van der Waals surface area contributed by atoms with E-state index in [4.69, 9.17) is 10.5 Å². The van der Waals surface area contributed by atoms with Crippen molar-refractivity contribution in [3.05, 3.63) is 21.4 Å². The van der Waals surface area contributed by atoms with Crippen LogP contribution in [0.2, 0.25) is 0 Å². The minimum Gasteiger partial charge on any atom is -0.462 e. The molecule has 2 N–H and O–H groups in total. The summed E-state index contributed by atoms with van der Waals surface area (Å²) in [5.41, 5.74) is 5.83. The van der Waals surface area contributed by atoms with Crippen LogP contribution in [0, 0.1) is 3.57 Å². The lowest BCUT2D eigenvalue weighted by molar-refractivity contribution is 0.0527. The number of aromatic nitrogens is 1. The van der Waals surface area contributed by atoms with E-state index in [0.717, 1.165) is 3.57 Å². The first kappa shape index (κ1) is 10.2. The second-order valence-electron chi connectivity index (χ2n) is 2.31. The number of halogens is 1. The van der Waals surface area contributed by atoms with Crippen molar-refractivity contribution >= 4 is 34.4 Å². The summed E-state index contributed by atoms with van der Waals surface area (Å²) in [6.45, 7) is 2.08. The van der Waals surface area contributed by atoms with Crippen LogP contribution in [0.5, 0.6) is 0 Å². The summed E-state index contributed by atoms with van der Waals surface area (Å²) >= 11 is 2.06. The maximum absolute atomic E-state index is 11.3. The number of pyridine rings is 1. The molecule has 0 spiro atoms. The molecule has 0 saturated carbocycles. The van der Waals surface area contributed by atoms with Crippen molar-refractivity contribution in [3.8, 4) is 0 Å². The van der Waals surface area contributed by atoms with Crippen LogP contribution in [0.25, 0.3) is 0 Å². The Morgan fingerprint density at radius 1 is 1.77 bits per heavy atom. The molecule has 0 aliphatic rings. The highest BCUT2D eigenvalue weighted by atomic mass is 127. The third-order valence-electron chi connectivity index (χ3n) is 1.38. The fourth-order valence-corrected chi connectivity index (χ4v) is 1.27. The molecular formula is C8H9IN2O2. The van der Waals surface area contributed by atoms with Crippen molar-refractivity contribution in [2.75, 3.05) is 12.3 Å². The van der Waals surface area contributed by atoms with Gasteiger partial charge in [-0.25, -0.2) is 9.78 Å². The normalized spacial score (nSPS) is 9.69. The summed E-state index contributed by atoms with van der Waals surface area (Å²) in [6.07, 6.45) is 1.60. The topological polar surface area (TPSA) is 65.2 Å². The second kappa shape index (κ2) is 4.40. The number of rotatable bonds is 2. The summed E-state index contributed by atoms with van der Waals surface area (Å²) in [4.78, 5) is 15.1. The first-order chi connectivity index (χ1) is 6.15. The molecule has 1 aromatic rings. The molecule has 4 nitrogen and oxygen atoms in total. The summed E-state index contributed by atoms with van der Waals surface area (Å²) in [5, 5.41) is 0. The molecule has 13 heavy (non-hydrogen) atoms. The van der Waals surface area contributed by atoms with E-state index >= 15 is 0 Å². The molecule has 1 heterocycles. The van der Waals surface area contributed by atoms with Gasteiger partial charge in [-0.2, -0.15) is 0 Å². The van der Waals surface area contributed by atoms with Crippen molar-refractivity contribution < 1.29 is 9.53 Å². The van der Waals surface area contributed by atoms with Crippen LogP contribution in [0.1, 0.15) is 17.3 Å². The van der Waals surface area contributed by atoms with Gasteiger partial charge in [-0.05, 0) is 35.6 Å². The van der Waals surface area contributed by atoms with E-state index in [1.54, 1.807) is 19.2 Å². The highest BCUT2D eigenvalue weighted by molar-refractivity contribution is 14.1. The summed E-state index contributed by atoms with van der Waals surface area (Å²) < 4.78 is 5.66. The molecule has 0 amide bonds. The first-order valence-electron chi connectivity index (χ1n) is 3.73. The van der Waals surface area contributed by atoms with Crippen molar-refractivity contribution in [1.82, 2.24) is 4.98 Å². The molecule has 0 fully saturated rings. The van der Waals surface area contributed by atoms with E-state index in [1.807, 2.05) is 0 Å². The molecule has 70 valence electrons. The smallest absolute Gasteiger partial charge is 0.341 e. The molecule has 0 saturated heterocycles. The lowest BCUT2D eigenvalue weighted by atomic mass is 10.2. The zero-order valence-corrected chi connectivity index (χ0v) is 9.24. The highest BCUT2D eigenvalue weighted by Crippen LogP contribution is 2.13. The van der Waals surface area contributed by atoms with Gasteiger partial charge < -0.3 is 10.5 Å². The number of hydrogen-bond acceptors (Lipinski definition) is 4. The van der Waals surface area contributed by atoms with Gasteiger partial charge in [0.15, 0.2) is 0 Å². The molecule has 0 aromatic carbocycles. The monoisotopic (exact) mass is 292 g/mol. The number of hydrogen-bond donors (Lipinski definition) is 1. The molecule has 1 rings (SSSR count). The van der Waals surface area contributed by atoms with E-state index < -0.39 is 5.97 Å². The zero-order chi connectivity index (χ0) is 9.84. The Morgan fingerprint density at radius 3 is 3.08 bits per heavy atom. The fraction of sp³-hybridized carbons (Fsp3) is 0.250. The van der Waals surface area contributed by atoms with Crippen LogP contribution < -0.4 is 5.73 Å². The third kappa shape index (κ3) is 2.55. The first-order valence-corrected chi connectivity index (χ1v) is 4.81. The summed E-state index contributed by atoms with van der Waals surface area (Å²) in [5.74, 6) is -0.218. The lowest BCUT2D eigenvalue weighted by Crippen LogP contribution is -2.09. The van der Waals surface area contributed by atoms with Gasteiger partial charge in [-0.3, -0.25) is 0 Å².